The van der Waals surface area contributed by atoms with E-state index in [4.69, 9.17) is 16.3 Å². The Morgan fingerprint density at radius 3 is 2.79 bits per heavy atom. The number of hydrogen-bond acceptors (Lipinski definition) is 3. The van der Waals surface area contributed by atoms with Gasteiger partial charge in [0.05, 0.1) is 6.10 Å². The van der Waals surface area contributed by atoms with Crippen molar-refractivity contribution in [1.82, 2.24) is 15.2 Å². The molecule has 7 heteroatoms. The number of hydrogen-bond donors (Lipinski definition) is 2. The van der Waals surface area contributed by atoms with Crippen LogP contribution in [0.2, 0.25) is 5.02 Å². The quantitative estimate of drug-likeness (QED) is 0.803. The second-order valence-electron chi connectivity index (χ2n) is 7.79. The molecule has 1 unspecified atom stereocenters. The highest BCUT2D eigenvalue weighted by Gasteiger charge is 2.26. The maximum atomic E-state index is 12.8. The lowest BCUT2D eigenvalue weighted by molar-refractivity contribution is -0.122. The number of fused-ring (bicyclic) bond motifs is 1. The number of benzene rings is 1. The van der Waals surface area contributed by atoms with Crippen LogP contribution < -0.4 is 5.32 Å². The van der Waals surface area contributed by atoms with E-state index in [0.29, 0.717) is 42.7 Å². The van der Waals surface area contributed by atoms with Gasteiger partial charge in [0.25, 0.3) is 5.91 Å². The van der Waals surface area contributed by atoms with Crippen molar-refractivity contribution >= 4 is 34.3 Å². The maximum Gasteiger partial charge on any atom is 0.270 e. The van der Waals surface area contributed by atoms with Crippen LogP contribution in [-0.2, 0) is 9.53 Å². The van der Waals surface area contributed by atoms with Crippen molar-refractivity contribution in [1.29, 1.82) is 0 Å². The molecule has 2 saturated heterocycles. The molecule has 1 aromatic heterocycles. The number of aromatic amines is 1. The number of rotatable bonds is 5. The number of piperidine rings is 1. The molecule has 2 aromatic rings. The third kappa shape index (κ3) is 4.50. The minimum Gasteiger partial charge on any atom is -0.376 e. The number of carbonyl (C=O) groups is 2. The van der Waals surface area contributed by atoms with E-state index in [-0.39, 0.29) is 17.9 Å². The average Bonchev–Trinajstić information content (AvgIpc) is 3.35. The molecule has 0 spiro atoms. The summed E-state index contributed by atoms with van der Waals surface area (Å²) < 4.78 is 5.53. The molecule has 2 aliphatic heterocycles. The first-order valence-electron chi connectivity index (χ1n) is 10.0. The van der Waals surface area contributed by atoms with Crippen molar-refractivity contribution in [3.63, 3.8) is 0 Å². The number of nitrogens with zero attached hydrogens (tertiary/aromatic N) is 1. The zero-order valence-electron chi connectivity index (χ0n) is 15.9. The van der Waals surface area contributed by atoms with Gasteiger partial charge in [0.2, 0.25) is 5.91 Å². The van der Waals surface area contributed by atoms with Crippen LogP contribution in [0.5, 0.6) is 0 Å². The van der Waals surface area contributed by atoms with Gasteiger partial charge in [0, 0.05) is 48.6 Å². The fourth-order valence-electron chi connectivity index (χ4n) is 4.10. The summed E-state index contributed by atoms with van der Waals surface area (Å²) in [5.41, 5.74) is 1.50. The van der Waals surface area contributed by atoms with Crippen molar-refractivity contribution in [3.8, 4) is 0 Å². The molecule has 150 valence electrons. The lowest BCUT2D eigenvalue weighted by atomic mass is 9.93. The van der Waals surface area contributed by atoms with Gasteiger partial charge in [-0.1, -0.05) is 11.6 Å². The summed E-state index contributed by atoms with van der Waals surface area (Å²) in [6.07, 6.45) is 4.52. The van der Waals surface area contributed by atoms with Gasteiger partial charge in [0.15, 0.2) is 0 Å². The first-order chi connectivity index (χ1) is 13.6. The highest BCUT2D eigenvalue weighted by Crippen LogP contribution is 2.24. The largest absolute Gasteiger partial charge is 0.376 e. The number of amides is 2. The molecule has 0 saturated carbocycles. The maximum absolute atomic E-state index is 12.8. The number of H-pyrrole nitrogens is 1. The number of ether oxygens (including phenoxy) is 1. The van der Waals surface area contributed by atoms with E-state index in [1.165, 1.54) is 0 Å². The van der Waals surface area contributed by atoms with E-state index in [2.05, 4.69) is 10.3 Å². The Balaban J connectivity index is 1.25. The van der Waals surface area contributed by atoms with Gasteiger partial charge in [-0.3, -0.25) is 9.59 Å². The van der Waals surface area contributed by atoms with Crippen LogP contribution >= 0.6 is 11.6 Å². The standard InChI is InChI=1S/C21H26ClN3O3/c22-16-3-4-18-15(11-16)12-19(24-18)21(27)25-7-5-14(6-8-25)10-20(26)23-13-17-2-1-9-28-17/h3-4,11-12,14,17,24H,1-2,5-10,13H2,(H,23,26). The van der Waals surface area contributed by atoms with E-state index in [1.807, 2.05) is 29.2 Å². The molecule has 2 amide bonds. The summed E-state index contributed by atoms with van der Waals surface area (Å²) in [7, 11) is 0. The van der Waals surface area contributed by atoms with Gasteiger partial charge in [-0.05, 0) is 55.9 Å². The van der Waals surface area contributed by atoms with Crippen LogP contribution in [0, 0.1) is 5.92 Å². The van der Waals surface area contributed by atoms with Crippen molar-refractivity contribution in [2.75, 3.05) is 26.2 Å². The van der Waals surface area contributed by atoms with Gasteiger partial charge >= 0.3 is 0 Å². The molecule has 28 heavy (non-hydrogen) atoms. The average molecular weight is 404 g/mol. The molecule has 2 aliphatic rings. The Kier molecular flexibility index (Phi) is 5.87. The van der Waals surface area contributed by atoms with E-state index in [9.17, 15) is 9.59 Å². The number of nitrogens with one attached hydrogen (secondary N) is 2. The normalized spacial score (nSPS) is 20.6. The van der Waals surface area contributed by atoms with Crippen LogP contribution in [0.3, 0.4) is 0 Å². The second-order valence-corrected chi connectivity index (χ2v) is 8.23. The highest BCUT2D eigenvalue weighted by atomic mass is 35.5. The molecule has 2 N–H and O–H groups in total. The molecular formula is C21H26ClN3O3. The van der Waals surface area contributed by atoms with Gasteiger partial charge in [0.1, 0.15) is 5.69 Å². The molecule has 3 heterocycles. The molecule has 0 aliphatic carbocycles. The first kappa shape index (κ1) is 19.3. The summed E-state index contributed by atoms with van der Waals surface area (Å²) in [6, 6.07) is 7.40. The second kappa shape index (κ2) is 8.53. The third-order valence-corrected chi connectivity index (χ3v) is 5.98. The molecular weight excluding hydrogens is 378 g/mol. The fourth-order valence-corrected chi connectivity index (χ4v) is 4.28. The third-order valence-electron chi connectivity index (χ3n) is 5.74. The van der Waals surface area contributed by atoms with E-state index in [1.54, 1.807) is 0 Å². The summed E-state index contributed by atoms with van der Waals surface area (Å²) in [4.78, 5) is 30.0. The monoisotopic (exact) mass is 403 g/mol. The van der Waals surface area contributed by atoms with Crippen LogP contribution in [0.4, 0.5) is 0 Å². The molecule has 4 rings (SSSR count). The molecule has 6 nitrogen and oxygen atoms in total. The SMILES string of the molecule is O=C(CC1CCN(C(=O)c2cc3cc(Cl)ccc3[nH]2)CC1)NCC1CCCO1. The topological polar surface area (TPSA) is 74.4 Å². The molecule has 1 atom stereocenters. The van der Waals surface area contributed by atoms with E-state index in [0.717, 1.165) is 43.2 Å². The highest BCUT2D eigenvalue weighted by molar-refractivity contribution is 6.31. The number of carbonyl (C=O) groups excluding carboxylic acids is 2. The lowest BCUT2D eigenvalue weighted by Crippen LogP contribution is -2.40. The Hall–Kier alpha value is -2.05. The Morgan fingerprint density at radius 1 is 1.21 bits per heavy atom. The zero-order chi connectivity index (χ0) is 19.5. The van der Waals surface area contributed by atoms with Crippen molar-refractivity contribution in [2.24, 2.45) is 5.92 Å². The van der Waals surface area contributed by atoms with Gasteiger partial charge in [-0.25, -0.2) is 0 Å². The van der Waals surface area contributed by atoms with Crippen LogP contribution in [0.15, 0.2) is 24.3 Å². The fraction of sp³-hybridized carbons (Fsp3) is 0.524. The van der Waals surface area contributed by atoms with Crippen LogP contribution in [-0.4, -0.2) is 54.0 Å². The summed E-state index contributed by atoms with van der Waals surface area (Å²) in [5, 5.41) is 4.59. The van der Waals surface area contributed by atoms with Gasteiger partial charge in [-0.2, -0.15) is 0 Å². The van der Waals surface area contributed by atoms with E-state index < -0.39 is 0 Å². The number of halogens is 1. The van der Waals surface area contributed by atoms with Gasteiger partial charge in [-0.15, -0.1) is 0 Å². The molecule has 0 bridgehead atoms. The van der Waals surface area contributed by atoms with Crippen molar-refractivity contribution < 1.29 is 14.3 Å². The summed E-state index contributed by atoms with van der Waals surface area (Å²) in [5.74, 6) is 0.427. The molecule has 0 radical (unpaired) electrons. The smallest absolute Gasteiger partial charge is 0.270 e. The predicted octanol–water partition coefficient (Wildman–Crippen LogP) is 3.36. The minimum atomic E-state index is 0.00797. The Labute approximate surface area is 169 Å². The zero-order valence-corrected chi connectivity index (χ0v) is 16.6. The summed E-state index contributed by atoms with van der Waals surface area (Å²) in [6.45, 7) is 2.77. The van der Waals surface area contributed by atoms with Crippen molar-refractivity contribution in [3.05, 3.63) is 35.0 Å². The predicted molar refractivity (Wildman–Crippen MR) is 109 cm³/mol. The van der Waals surface area contributed by atoms with E-state index >= 15 is 0 Å². The molecule has 1 aromatic carbocycles. The van der Waals surface area contributed by atoms with Crippen molar-refractivity contribution in [2.45, 2.75) is 38.2 Å². The number of likely N-dealkylation sites (tertiary alicyclic amines) is 1. The van der Waals surface area contributed by atoms with Gasteiger partial charge < -0.3 is 19.9 Å². The van der Waals surface area contributed by atoms with Crippen LogP contribution in [0.1, 0.15) is 42.6 Å². The Bertz CT molecular complexity index is 852. The first-order valence-corrected chi connectivity index (χ1v) is 10.4. The lowest BCUT2D eigenvalue weighted by Gasteiger charge is -2.31. The van der Waals surface area contributed by atoms with Crippen LogP contribution in [0.25, 0.3) is 10.9 Å². The summed E-state index contributed by atoms with van der Waals surface area (Å²) >= 11 is 6.02. The Morgan fingerprint density at radius 2 is 2.04 bits per heavy atom. The number of aromatic nitrogens is 1. The molecule has 2 fully saturated rings. The minimum absolute atomic E-state index is 0.00797.